The predicted molar refractivity (Wildman–Crippen MR) is 64.5 cm³/mol. The zero-order chi connectivity index (χ0) is 13.8. The molecule has 0 spiro atoms. The molecule has 8 heteroatoms. The third kappa shape index (κ3) is 2.92. The van der Waals surface area contributed by atoms with Crippen molar-refractivity contribution >= 4 is 17.8 Å². The maximum Gasteiger partial charge on any atom is 0.356 e. The Kier molecular flexibility index (Phi) is 3.51. The van der Waals surface area contributed by atoms with Gasteiger partial charge in [0.15, 0.2) is 5.69 Å². The largest absolute Gasteiger partial charge is 0.464 e. The molecule has 19 heavy (non-hydrogen) atoms. The van der Waals surface area contributed by atoms with Crippen LogP contribution in [0.15, 0.2) is 24.7 Å². The molecule has 0 radical (unpaired) electrons. The van der Waals surface area contributed by atoms with Crippen molar-refractivity contribution in [2.75, 3.05) is 12.4 Å². The molecule has 8 nitrogen and oxygen atoms in total. The van der Waals surface area contributed by atoms with Crippen molar-refractivity contribution in [1.29, 1.82) is 0 Å². The molecule has 0 atom stereocenters. The minimum atomic E-state index is -0.598. The second kappa shape index (κ2) is 5.25. The first-order valence-electron chi connectivity index (χ1n) is 5.31. The van der Waals surface area contributed by atoms with Gasteiger partial charge < -0.3 is 4.74 Å². The number of anilines is 1. The molecule has 2 rings (SSSR count). The minimum Gasteiger partial charge on any atom is -0.464 e. The Morgan fingerprint density at radius 1 is 1.42 bits per heavy atom. The lowest BCUT2D eigenvalue weighted by Gasteiger charge is -2.03. The number of ether oxygens (including phenoxy) is 1. The van der Waals surface area contributed by atoms with Gasteiger partial charge in [-0.3, -0.25) is 14.8 Å². The SMILES string of the molecule is COC(=O)c1ccnc(NC(=O)c2cnn(C)c2)n1. The molecular weight excluding hydrogens is 250 g/mol. The van der Waals surface area contributed by atoms with E-state index in [1.54, 1.807) is 13.2 Å². The van der Waals surface area contributed by atoms with Gasteiger partial charge in [-0.05, 0) is 6.07 Å². The molecular formula is C11H11N5O3. The number of methoxy groups -OCH3 is 1. The second-order valence-corrected chi connectivity index (χ2v) is 3.61. The normalized spacial score (nSPS) is 10.0. The number of esters is 1. The highest BCUT2D eigenvalue weighted by Gasteiger charge is 2.12. The fourth-order valence-corrected chi connectivity index (χ4v) is 1.35. The molecule has 0 aliphatic heterocycles. The Hall–Kier alpha value is -2.77. The van der Waals surface area contributed by atoms with Crippen LogP contribution in [0, 0.1) is 0 Å². The Labute approximate surface area is 108 Å². The molecule has 0 aromatic carbocycles. The molecule has 1 amide bonds. The number of hydrogen-bond acceptors (Lipinski definition) is 6. The van der Waals surface area contributed by atoms with Gasteiger partial charge in [0, 0.05) is 19.4 Å². The van der Waals surface area contributed by atoms with E-state index in [9.17, 15) is 9.59 Å². The van der Waals surface area contributed by atoms with E-state index in [0.29, 0.717) is 5.56 Å². The van der Waals surface area contributed by atoms with Crippen molar-refractivity contribution in [3.63, 3.8) is 0 Å². The van der Waals surface area contributed by atoms with Gasteiger partial charge in [-0.2, -0.15) is 5.10 Å². The summed E-state index contributed by atoms with van der Waals surface area (Å²) in [6, 6.07) is 1.39. The standard InChI is InChI=1S/C11H11N5O3/c1-16-6-7(5-13-16)9(17)15-11-12-4-3-8(14-11)10(18)19-2/h3-6H,1-2H3,(H,12,14,15,17). The van der Waals surface area contributed by atoms with Crippen LogP contribution < -0.4 is 5.32 Å². The highest BCUT2D eigenvalue weighted by Crippen LogP contribution is 2.05. The van der Waals surface area contributed by atoms with Gasteiger partial charge in [0.1, 0.15) is 0 Å². The van der Waals surface area contributed by atoms with Gasteiger partial charge in [0.25, 0.3) is 5.91 Å². The van der Waals surface area contributed by atoms with Crippen molar-refractivity contribution < 1.29 is 14.3 Å². The van der Waals surface area contributed by atoms with Crippen LogP contribution in [0.1, 0.15) is 20.8 Å². The number of aromatic nitrogens is 4. The monoisotopic (exact) mass is 261 g/mol. The number of carbonyl (C=O) groups excluding carboxylic acids is 2. The molecule has 1 N–H and O–H groups in total. The third-order valence-corrected chi connectivity index (χ3v) is 2.24. The van der Waals surface area contributed by atoms with Crippen molar-refractivity contribution in [3.05, 3.63) is 35.9 Å². The summed E-state index contributed by atoms with van der Waals surface area (Å²) < 4.78 is 6.03. The third-order valence-electron chi connectivity index (χ3n) is 2.24. The number of aryl methyl sites for hydroxylation is 1. The maximum absolute atomic E-state index is 11.8. The molecule has 0 saturated heterocycles. The molecule has 98 valence electrons. The average Bonchev–Trinajstić information content (AvgIpc) is 2.85. The predicted octanol–water partition coefficient (Wildman–Crippen LogP) is 0.249. The Bertz CT molecular complexity index is 622. The van der Waals surface area contributed by atoms with E-state index in [1.165, 1.54) is 30.3 Å². The molecule has 2 heterocycles. The van der Waals surface area contributed by atoms with Crippen molar-refractivity contribution in [2.24, 2.45) is 7.05 Å². The van der Waals surface area contributed by atoms with Crippen molar-refractivity contribution in [3.8, 4) is 0 Å². The molecule has 0 aliphatic carbocycles. The van der Waals surface area contributed by atoms with Gasteiger partial charge in [0.05, 0.1) is 18.9 Å². The van der Waals surface area contributed by atoms with E-state index < -0.39 is 11.9 Å². The zero-order valence-corrected chi connectivity index (χ0v) is 10.3. The molecule has 0 bridgehead atoms. The number of nitrogens with zero attached hydrogens (tertiary/aromatic N) is 4. The van der Waals surface area contributed by atoms with Crippen molar-refractivity contribution in [1.82, 2.24) is 19.7 Å². The van der Waals surface area contributed by atoms with Crippen LogP contribution in [0.4, 0.5) is 5.95 Å². The lowest BCUT2D eigenvalue weighted by molar-refractivity contribution is 0.0593. The quantitative estimate of drug-likeness (QED) is 0.795. The van der Waals surface area contributed by atoms with Crippen LogP contribution in [-0.2, 0) is 11.8 Å². The van der Waals surface area contributed by atoms with Gasteiger partial charge in [-0.1, -0.05) is 0 Å². The van der Waals surface area contributed by atoms with Crippen LogP contribution in [0.3, 0.4) is 0 Å². The fraction of sp³-hybridized carbons (Fsp3) is 0.182. The second-order valence-electron chi connectivity index (χ2n) is 3.61. The van der Waals surface area contributed by atoms with Crippen LogP contribution in [0.5, 0.6) is 0 Å². The molecule has 0 unspecified atom stereocenters. The van der Waals surface area contributed by atoms with E-state index in [1.807, 2.05) is 0 Å². The molecule has 2 aromatic rings. The summed E-state index contributed by atoms with van der Waals surface area (Å²) in [5.41, 5.74) is 0.438. The van der Waals surface area contributed by atoms with Gasteiger partial charge in [-0.15, -0.1) is 0 Å². The first-order chi connectivity index (χ1) is 9.10. The first kappa shape index (κ1) is 12.7. The highest BCUT2D eigenvalue weighted by molar-refractivity contribution is 6.03. The topological polar surface area (TPSA) is 99.0 Å². The van der Waals surface area contributed by atoms with E-state index >= 15 is 0 Å². The fourth-order valence-electron chi connectivity index (χ4n) is 1.35. The summed E-state index contributed by atoms with van der Waals surface area (Å²) in [6.07, 6.45) is 4.33. The van der Waals surface area contributed by atoms with Crippen molar-refractivity contribution in [2.45, 2.75) is 0 Å². The summed E-state index contributed by atoms with van der Waals surface area (Å²) in [7, 11) is 2.95. The minimum absolute atomic E-state index is 0.0248. The number of amides is 1. The van der Waals surface area contributed by atoms with Gasteiger partial charge in [0.2, 0.25) is 5.95 Å². The van der Waals surface area contributed by atoms with E-state index in [0.717, 1.165) is 0 Å². The lowest BCUT2D eigenvalue weighted by atomic mass is 10.3. The molecule has 0 fully saturated rings. The lowest BCUT2D eigenvalue weighted by Crippen LogP contribution is -2.15. The maximum atomic E-state index is 11.8. The van der Waals surface area contributed by atoms with E-state index in [-0.39, 0.29) is 11.6 Å². The summed E-state index contributed by atoms with van der Waals surface area (Å²) >= 11 is 0. The Morgan fingerprint density at radius 2 is 2.21 bits per heavy atom. The summed E-state index contributed by atoms with van der Waals surface area (Å²) in [5, 5.41) is 6.35. The van der Waals surface area contributed by atoms with E-state index in [4.69, 9.17) is 0 Å². The summed E-state index contributed by atoms with van der Waals surface area (Å²) in [5.74, 6) is -0.980. The van der Waals surface area contributed by atoms with Gasteiger partial charge >= 0.3 is 5.97 Å². The summed E-state index contributed by atoms with van der Waals surface area (Å²) in [4.78, 5) is 30.8. The van der Waals surface area contributed by atoms with Crippen LogP contribution in [0.2, 0.25) is 0 Å². The number of rotatable bonds is 3. The Balaban J connectivity index is 2.15. The number of hydrogen-bond donors (Lipinski definition) is 1. The smallest absolute Gasteiger partial charge is 0.356 e. The first-order valence-corrected chi connectivity index (χ1v) is 5.31. The van der Waals surface area contributed by atoms with Crippen LogP contribution in [-0.4, -0.2) is 38.7 Å². The Morgan fingerprint density at radius 3 is 2.84 bits per heavy atom. The summed E-state index contributed by atoms with van der Waals surface area (Å²) in [6.45, 7) is 0. The number of nitrogens with one attached hydrogen (secondary N) is 1. The molecule has 0 aliphatic rings. The zero-order valence-electron chi connectivity index (χ0n) is 10.3. The van der Waals surface area contributed by atoms with E-state index in [2.05, 4.69) is 25.1 Å². The molecule has 0 saturated carbocycles. The molecule has 2 aromatic heterocycles. The van der Waals surface area contributed by atoms with Crippen LogP contribution >= 0.6 is 0 Å². The average molecular weight is 261 g/mol. The number of carbonyl (C=O) groups is 2. The highest BCUT2D eigenvalue weighted by atomic mass is 16.5. The van der Waals surface area contributed by atoms with Crippen LogP contribution in [0.25, 0.3) is 0 Å². The van der Waals surface area contributed by atoms with Gasteiger partial charge in [-0.25, -0.2) is 14.8 Å².